The minimum absolute atomic E-state index is 0.0542. The molecule has 1 heterocycles. The van der Waals surface area contributed by atoms with Crippen LogP contribution in [-0.2, 0) is 4.79 Å². The SMILES string of the molecule is CCCNC(=O)/C(N)=C(\N)c1cccc(-c2cnccn2)c1N. The molecule has 23 heavy (non-hydrogen) atoms. The Morgan fingerprint density at radius 2 is 2.04 bits per heavy atom. The van der Waals surface area contributed by atoms with Crippen molar-refractivity contribution in [1.82, 2.24) is 15.3 Å². The van der Waals surface area contributed by atoms with E-state index in [1.807, 2.05) is 13.0 Å². The summed E-state index contributed by atoms with van der Waals surface area (Å²) in [5.41, 5.74) is 20.4. The summed E-state index contributed by atoms with van der Waals surface area (Å²) in [7, 11) is 0. The van der Waals surface area contributed by atoms with Crippen molar-refractivity contribution in [2.75, 3.05) is 12.3 Å². The van der Waals surface area contributed by atoms with Crippen LogP contribution in [0, 0.1) is 0 Å². The predicted molar refractivity (Wildman–Crippen MR) is 90.5 cm³/mol. The monoisotopic (exact) mass is 312 g/mol. The summed E-state index contributed by atoms with van der Waals surface area (Å²) >= 11 is 0. The Morgan fingerprint density at radius 1 is 1.26 bits per heavy atom. The largest absolute Gasteiger partial charge is 0.398 e. The summed E-state index contributed by atoms with van der Waals surface area (Å²) in [6.07, 6.45) is 5.57. The third-order valence-electron chi connectivity index (χ3n) is 3.31. The molecule has 0 unspecified atom stereocenters. The third kappa shape index (κ3) is 3.57. The number of amides is 1. The zero-order valence-corrected chi connectivity index (χ0v) is 12.9. The van der Waals surface area contributed by atoms with Crippen LogP contribution in [-0.4, -0.2) is 22.4 Å². The highest BCUT2D eigenvalue weighted by atomic mass is 16.2. The number of nitrogens with zero attached hydrogens (tertiary/aromatic N) is 2. The molecule has 0 spiro atoms. The first-order valence-electron chi connectivity index (χ1n) is 7.25. The van der Waals surface area contributed by atoms with Crippen LogP contribution < -0.4 is 22.5 Å². The number of rotatable bonds is 5. The molecule has 120 valence electrons. The van der Waals surface area contributed by atoms with Crippen LogP contribution in [0.3, 0.4) is 0 Å². The Morgan fingerprint density at radius 3 is 2.70 bits per heavy atom. The second-order valence-corrected chi connectivity index (χ2v) is 4.94. The van der Waals surface area contributed by atoms with Gasteiger partial charge in [-0.25, -0.2) is 0 Å². The van der Waals surface area contributed by atoms with Crippen molar-refractivity contribution in [1.29, 1.82) is 0 Å². The van der Waals surface area contributed by atoms with Crippen LogP contribution in [0.2, 0.25) is 0 Å². The summed E-state index contributed by atoms with van der Waals surface area (Å²) in [5.74, 6) is -0.409. The first-order valence-corrected chi connectivity index (χ1v) is 7.25. The van der Waals surface area contributed by atoms with Crippen molar-refractivity contribution < 1.29 is 4.79 Å². The summed E-state index contributed by atoms with van der Waals surface area (Å²) in [6.45, 7) is 2.48. The molecule has 1 aromatic heterocycles. The highest BCUT2D eigenvalue weighted by molar-refractivity contribution is 6.01. The minimum atomic E-state index is -0.409. The highest BCUT2D eigenvalue weighted by Crippen LogP contribution is 2.29. The summed E-state index contributed by atoms with van der Waals surface area (Å²) in [4.78, 5) is 20.2. The van der Waals surface area contributed by atoms with Gasteiger partial charge in [-0.3, -0.25) is 14.8 Å². The van der Waals surface area contributed by atoms with E-state index in [4.69, 9.17) is 17.2 Å². The van der Waals surface area contributed by atoms with E-state index >= 15 is 0 Å². The van der Waals surface area contributed by atoms with E-state index in [9.17, 15) is 4.79 Å². The van der Waals surface area contributed by atoms with Crippen LogP contribution in [0.25, 0.3) is 17.0 Å². The normalized spacial score (nSPS) is 11.7. The van der Waals surface area contributed by atoms with E-state index in [2.05, 4.69) is 15.3 Å². The molecule has 0 fully saturated rings. The lowest BCUT2D eigenvalue weighted by atomic mass is 10.0. The van der Waals surface area contributed by atoms with Gasteiger partial charge in [-0.1, -0.05) is 25.1 Å². The van der Waals surface area contributed by atoms with Gasteiger partial charge in [-0.15, -0.1) is 0 Å². The molecular weight excluding hydrogens is 292 g/mol. The molecule has 0 aliphatic carbocycles. The Kier molecular flexibility index (Phi) is 5.14. The number of anilines is 1. The molecule has 1 amide bonds. The average molecular weight is 312 g/mol. The maximum absolute atomic E-state index is 11.9. The molecule has 0 saturated heterocycles. The Balaban J connectivity index is 2.42. The summed E-state index contributed by atoms with van der Waals surface area (Å²) < 4.78 is 0. The number of benzene rings is 1. The maximum Gasteiger partial charge on any atom is 0.269 e. The first kappa shape index (κ1) is 16.3. The third-order valence-corrected chi connectivity index (χ3v) is 3.31. The number of aromatic nitrogens is 2. The molecule has 7 nitrogen and oxygen atoms in total. The first-order chi connectivity index (χ1) is 11.1. The van der Waals surface area contributed by atoms with E-state index < -0.39 is 5.91 Å². The quantitative estimate of drug-likeness (QED) is 0.477. The van der Waals surface area contributed by atoms with Gasteiger partial charge in [0.1, 0.15) is 5.70 Å². The molecule has 0 aliphatic rings. The van der Waals surface area contributed by atoms with E-state index in [0.717, 1.165) is 6.42 Å². The van der Waals surface area contributed by atoms with Gasteiger partial charge in [0.2, 0.25) is 0 Å². The van der Waals surface area contributed by atoms with Crippen molar-refractivity contribution in [3.05, 3.63) is 48.1 Å². The number of nitrogen functional groups attached to an aromatic ring is 1. The fourth-order valence-electron chi connectivity index (χ4n) is 2.06. The predicted octanol–water partition coefficient (Wildman–Crippen LogP) is 0.838. The maximum atomic E-state index is 11.9. The van der Waals surface area contributed by atoms with Gasteiger partial charge < -0.3 is 22.5 Å². The van der Waals surface area contributed by atoms with Gasteiger partial charge in [-0.05, 0) is 6.42 Å². The molecule has 0 atom stereocenters. The van der Waals surface area contributed by atoms with Crippen LogP contribution >= 0.6 is 0 Å². The highest BCUT2D eigenvalue weighted by Gasteiger charge is 2.15. The minimum Gasteiger partial charge on any atom is -0.398 e. The number of hydrogen-bond donors (Lipinski definition) is 4. The lowest BCUT2D eigenvalue weighted by Gasteiger charge is -2.13. The summed E-state index contributed by atoms with van der Waals surface area (Å²) in [5, 5.41) is 2.68. The number of para-hydroxylation sites is 1. The average Bonchev–Trinajstić information content (AvgIpc) is 2.59. The fourth-order valence-corrected chi connectivity index (χ4v) is 2.06. The molecule has 2 aromatic rings. The van der Waals surface area contributed by atoms with Crippen LogP contribution in [0.5, 0.6) is 0 Å². The van der Waals surface area contributed by atoms with Gasteiger partial charge in [0.05, 0.1) is 23.3 Å². The van der Waals surface area contributed by atoms with Gasteiger partial charge in [0.15, 0.2) is 0 Å². The van der Waals surface area contributed by atoms with Crippen LogP contribution in [0.15, 0.2) is 42.5 Å². The number of carbonyl (C=O) groups is 1. The van der Waals surface area contributed by atoms with Crippen LogP contribution in [0.1, 0.15) is 18.9 Å². The number of nitrogens with one attached hydrogen (secondary N) is 1. The van der Waals surface area contributed by atoms with Crippen molar-refractivity contribution >= 4 is 17.3 Å². The zero-order valence-electron chi connectivity index (χ0n) is 12.9. The fraction of sp³-hybridized carbons (Fsp3) is 0.188. The van der Waals surface area contributed by atoms with E-state index in [1.165, 1.54) is 0 Å². The summed E-state index contributed by atoms with van der Waals surface area (Å²) in [6, 6.07) is 5.30. The van der Waals surface area contributed by atoms with E-state index in [0.29, 0.717) is 29.1 Å². The molecule has 0 aliphatic heterocycles. The van der Waals surface area contributed by atoms with Crippen molar-refractivity contribution in [2.24, 2.45) is 11.5 Å². The second kappa shape index (κ2) is 7.26. The van der Waals surface area contributed by atoms with Gasteiger partial charge in [0, 0.05) is 30.1 Å². The lowest BCUT2D eigenvalue weighted by molar-refractivity contribution is -0.117. The van der Waals surface area contributed by atoms with Crippen molar-refractivity contribution in [3.63, 3.8) is 0 Å². The topological polar surface area (TPSA) is 133 Å². The number of hydrogen-bond acceptors (Lipinski definition) is 6. The van der Waals surface area contributed by atoms with E-state index in [-0.39, 0.29) is 11.4 Å². The molecule has 0 radical (unpaired) electrons. The molecule has 1 aromatic carbocycles. The molecule has 0 saturated carbocycles. The standard InChI is InChI=1S/C16H20N6O/c1-2-6-22-16(23)15(19)14(18)11-5-3-4-10(13(11)17)12-9-20-7-8-21-12/h3-5,7-9H,2,6,17-19H2,1H3,(H,22,23)/b15-14+. The Bertz CT molecular complexity index is 727. The van der Waals surface area contributed by atoms with Crippen molar-refractivity contribution in [3.8, 4) is 11.3 Å². The molecule has 2 rings (SSSR count). The van der Waals surface area contributed by atoms with Crippen LogP contribution in [0.4, 0.5) is 5.69 Å². The second-order valence-electron chi connectivity index (χ2n) is 4.94. The molecular formula is C16H20N6O. The lowest BCUT2D eigenvalue weighted by Crippen LogP contribution is -2.31. The van der Waals surface area contributed by atoms with Gasteiger partial charge in [-0.2, -0.15) is 0 Å². The molecule has 7 N–H and O–H groups in total. The van der Waals surface area contributed by atoms with Crippen molar-refractivity contribution in [2.45, 2.75) is 13.3 Å². The zero-order chi connectivity index (χ0) is 16.8. The van der Waals surface area contributed by atoms with Gasteiger partial charge in [0.25, 0.3) is 5.91 Å². The number of carbonyl (C=O) groups excluding carboxylic acids is 1. The smallest absolute Gasteiger partial charge is 0.269 e. The van der Waals surface area contributed by atoms with Gasteiger partial charge >= 0.3 is 0 Å². The molecule has 7 heteroatoms. The van der Waals surface area contributed by atoms with E-state index in [1.54, 1.807) is 30.7 Å². The Hall–Kier alpha value is -3.09. The Labute approximate surface area is 134 Å². The molecule has 0 bridgehead atoms. The number of nitrogens with two attached hydrogens (primary N) is 3.